The van der Waals surface area contributed by atoms with Crippen LogP contribution in [0.5, 0.6) is 0 Å². The molecule has 3 heterocycles. The number of aliphatic hydroxyl groups is 1. The molecule has 1 amide bonds. The Morgan fingerprint density at radius 1 is 1.45 bits per heavy atom. The van der Waals surface area contributed by atoms with Gasteiger partial charge in [0.2, 0.25) is 5.91 Å². The third-order valence-corrected chi connectivity index (χ3v) is 4.94. The number of aromatic nitrogens is 3. The molecule has 7 nitrogen and oxygen atoms in total. The first-order chi connectivity index (χ1) is 10.6. The Bertz CT molecular complexity index is 498. The van der Waals surface area contributed by atoms with Gasteiger partial charge in [-0.05, 0) is 38.1 Å². The highest BCUT2D eigenvalue weighted by Gasteiger charge is 2.38. The number of H-pyrrole nitrogens is 1. The van der Waals surface area contributed by atoms with Crippen molar-refractivity contribution in [1.82, 2.24) is 25.2 Å². The Morgan fingerprint density at radius 2 is 2.23 bits per heavy atom. The van der Waals surface area contributed by atoms with Gasteiger partial charge in [-0.3, -0.25) is 9.69 Å². The summed E-state index contributed by atoms with van der Waals surface area (Å²) >= 11 is 0. The molecule has 0 unspecified atom stereocenters. The van der Waals surface area contributed by atoms with Gasteiger partial charge in [-0.2, -0.15) is 15.4 Å². The molecule has 0 saturated carbocycles. The lowest BCUT2D eigenvalue weighted by Crippen LogP contribution is -2.51. The van der Waals surface area contributed by atoms with Crippen molar-refractivity contribution in [3.63, 3.8) is 0 Å². The number of rotatable bonds is 3. The van der Waals surface area contributed by atoms with E-state index < -0.39 is 5.60 Å². The molecule has 7 heteroatoms. The van der Waals surface area contributed by atoms with E-state index in [0.717, 1.165) is 44.8 Å². The van der Waals surface area contributed by atoms with Crippen LogP contribution in [0, 0.1) is 5.92 Å². The molecule has 1 aromatic heterocycles. The summed E-state index contributed by atoms with van der Waals surface area (Å²) in [5, 5.41) is 21.1. The number of amides is 1. The SMILES string of the molecule is CC1CCN(C(=O)CN2CCC[C@](O)(c3cn[nH]n3)C2)CC1. The van der Waals surface area contributed by atoms with E-state index in [1.165, 1.54) is 0 Å². The zero-order valence-electron chi connectivity index (χ0n) is 13.2. The fourth-order valence-corrected chi connectivity index (χ4v) is 3.44. The average Bonchev–Trinajstić information content (AvgIpc) is 3.03. The molecule has 2 fully saturated rings. The number of aromatic amines is 1. The summed E-state index contributed by atoms with van der Waals surface area (Å²) in [5.74, 6) is 0.896. The standard InChI is InChI=1S/C15H25N5O2/c1-12-3-7-20(8-4-12)14(21)10-19-6-2-5-15(22,11-19)13-9-16-18-17-13/h9,12,22H,2-8,10-11H2,1H3,(H,16,17,18)/t15-/m1/s1. The summed E-state index contributed by atoms with van der Waals surface area (Å²) in [7, 11) is 0. The van der Waals surface area contributed by atoms with Crippen LogP contribution in [0.25, 0.3) is 0 Å². The Labute approximate surface area is 130 Å². The summed E-state index contributed by atoms with van der Waals surface area (Å²) < 4.78 is 0. The van der Waals surface area contributed by atoms with Gasteiger partial charge in [0, 0.05) is 19.6 Å². The smallest absolute Gasteiger partial charge is 0.236 e. The Morgan fingerprint density at radius 3 is 2.91 bits per heavy atom. The van der Waals surface area contributed by atoms with Crippen LogP contribution in [-0.2, 0) is 10.4 Å². The summed E-state index contributed by atoms with van der Waals surface area (Å²) in [6, 6.07) is 0. The largest absolute Gasteiger partial charge is 0.382 e. The summed E-state index contributed by atoms with van der Waals surface area (Å²) in [4.78, 5) is 16.4. The van der Waals surface area contributed by atoms with Crippen LogP contribution in [0.4, 0.5) is 0 Å². The molecule has 22 heavy (non-hydrogen) atoms. The van der Waals surface area contributed by atoms with Crippen molar-refractivity contribution >= 4 is 5.91 Å². The van der Waals surface area contributed by atoms with Crippen molar-refractivity contribution in [2.75, 3.05) is 32.7 Å². The molecular formula is C15H25N5O2. The van der Waals surface area contributed by atoms with Crippen LogP contribution in [0.2, 0.25) is 0 Å². The van der Waals surface area contributed by atoms with Crippen molar-refractivity contribution in [3.8, 4) is 0 Å². The third kappa shape index (κ3) is 3.30. The van der Waals surface area contributed by atoms with E-state index in [2.05, 4.69) is 22.3 Å². The number of nitrogens with zero attached hydrogens (tertiary/aromatic N) is 4. The molecule has 1 atom stereocenters. The van der Waals surface area contributed by atoms with Gasteiger partial charge in [0.15, 0.2) is 0 Å². The lowest BCUT2D eigenvalue weighted by atomic mass is 9.90. The minimum Gasteiger partial charge on any atom is -0.382 e. The van der Waals surface area contributed by atoms with Crippen LogP contribution in [-0.4, -0.2) is 68.9 Å². The van der Waals surface area contributed by atoms with E-state index in [1.54, 1.807) is 6.20 Å². The molecule has 2 aliphatic rings. The Balaban J connectivity index is 1.57. The van der Waals surface area contributed by atoms with Crippen molar-refractivity contribution in [3.05, 3.63) is 11.9 Å². The van der Waals surface area contributed by atoms with Gasteiger partial charge in [-0.15, -0.1) is 0 Å². The van der Waals surface area contributed by atoms with E-state index in [4.69, 9.17) is 0 Å². The summed E-state index contributed by atoms with van der Waals surface area (Å²) in [6.07, 6.45) is 5.26. The number of hydrogen-bond acceptors (Lipinski definition) is 5. The molecule has 0 spiro atoms. The van der Waals surface area contributed by atoms with Crippen molar-refractivity contribution < 1.29 is 9.90 Å². The fourth-order valence-electron chi connectivity index (χ4n) is 3.44. The van der Waals surface area contributed by atoms with Crippen LogP contribution >= 0.6 is 0 Å². The molecule has 0 aromatic carbocycles. The maximum Gasteiger partial charge on any atom is 0.236 e. The van der Waals surface area contributed by atoms with E-state index >= 15 is 0 Å². The van der Waals surface area contributed by atoms with Crippen LogP contribution in [0.15, 0.2) is 6.20 Å². The zero-order chi connectivity index (χ0) is 15.6. The van der Waals surface area contributed by atoms with E-state index in [0.29, 0.717) is 25.2 Å². The predicted molar refractivity (Wildman–Crippen MR) is 80.9 cm³/mol. The zero-order valence-corrected chi connectivity index (χ0v) is 13.2. The number of hydrogen-bond donors (Lipinski definition) is 2. The van der Waals surface area contributed by atoms with Gasteiger partial charge < -0.3 is 10.0 Å². The lowest BCUT2D eigenvalue weighted by Gasteiger charge is -2.39. The lowest BCUT2D eigenvalue weighted by molar-refractivity contribution is -0.135. The number of likely N-dealkylation sites (tertiary alicyclic amines) is 2. The van der Waals surface area contributed by atoms with Crippen molar-refractivity contribution in [2.24, 2.45) is 5.92 Å². The molecule has 2 saturated heterocycles. The number of nitrogens with one attached hydrogen (secondary N) is 1. The molecule has 2 aliphatic heterocycles. The second-order valence-electron chi connectivity index (χ2n) is 6.76. The topological polar surface area (TPSA) is 85.4 Å². The molecular weight excluding hydrogens is 282 g/mol. The minimum atomic E-state index is -0.998. The van der Waals surface area contributed by atoms with Gasteiger partial charge in [0.25, 0.3) is 0 Å². The van der Waals surface area contributed by atoms with Crippen LogP contribution in [0.3, 0.4) is 0 Å². The molecule has 3 rings (SSSR count). The molecule has 1 aromatic rings. The molecule has 0 bridgehead atoms. The minimum absolute atomic E-state index is 0.177. The third-order valence-electron chi connectivity index (χ3n) is 4.94. The first kappa shape index (κ1) is 15.4. The van der Waals surface area contributed by atoms with Crippen molar-refractivity contribution in [1.29, 1.82) is 0 Å². The number of piperidine rings is 2. The van der Waals surface area contributed by atoms with Crippen LogP contribution in [0.1, 0.15) is 38.3 Å². The normalized spacial score (nSPS) is 28.0. The number of β-amino-alcohol motifs (C(OH)–C–C–N with tert-alkyl or cyclic N) is 1. The highest BCUT2D eigenvalue weighted by molar-refractivity contribution is 5.78. The number of carbonyl (C=O) groups is 1. The molecule has 0 radical (unpaired) electrons. The van der Waals surface area contributed by atoms with Gasteiger partial charge in [-0.1, -0.05) is 6.92 Å². The monoisotopic (exact) mass is 307 g/mol. The maximum absolute atomic E-state index is 12.4. The average molecular weight is 307 g/mol. The van der Waals surface area contributed by atoms with Gasteiger partial charge >= 0.3 is 0 Å². The van der Waals surface area contributed by atoms with Crippen molar-refractivity contribution in [2.45, 2.75) is 38.2 Å². The van der Waals surface area contributed by atoms with E-state index in [-0.39, 0.29) is 5.91 Å². The van der Waals surface area contributed by atoms with Gasteiger partial charge in [-0.25, -0.2) is 0 Å². The predicted octanol–water partition coefficient (Wildman–Crippen LogP) is 0.347. The quantitative estimate of drug-likeness (QED) is 0.841. The second-order valence-corrected chi connectivity index (χ2v) is 6.76. The van der Waals surface area contributed by atoms with E-state index in [9.17, 15) is 9.90 Å². The van der Waals surface area contributed by atoms with Gasteiger partial charge in [0.05, 0.1) is 12.7 Å². The molecule has 0 aliphatic carbocycles. The molecule has 2 N–H and O–H groups in total. The Hall–Kier alpha value is -1.47. The first-order valence-corrected chi connectivity index (χ1v) is 8.15. The number of carbonyl (C=O) groups excluding carboxylic acids is 1. The van der Waals surface area contributed by atoms with Gasteiger partial charge in [0.1, 0.15) is 11.3 Å². The first-order valence-electron chi connectivity index (χ1n) is 8.15. The Kier molecular flexibility index (Phi) is 4.44. The molecule has 122 valence electrons. The van der Waals surface area contributed by atoms with E-state index in [1.807, 2.05) is 9.80 Å². The highest BCUT2D eigenvalue weighted by atomic mass is 16.3. The maximum atomic E-state index is 12.4. The summed E-state index contributed by atoms with van der Waals surface area (Å²) in [5.41, 5.74) is -0.432. The fraction of sp³-hybridized carbons (Fsp3) is 0.800. The summed E-state index contributed by atoms with van der Waals surface area (Å²) in [6.45, 7) is 5.63. The van der Waals surface area contributed by atoms with Crippen LogP contribution < -0.4 is 0 Å². The highest BCUT2D eigenvalue weighted by Crippen LogP contribution is 2.29. The second kappa shape index (κ2) is 6.34.